The van der Waals surface area contributed by atoms with Crippen molar-refractivity contribution in [1.29, 1.82) is 0 Å². The lowest BCUT2D eigenvalue weighted by atomic mass is 10.1. The highest BCUT2D eigenvalue weighted by atomic mass is 19.4. The first-order chi connectivity index (χ1) is 16.6. The van der Waals surface area contributed by atoms with Gasteiger partial charge in [-0.1, -0.05) is 6.07 Å². The number of amides is 2. The number of nitro benzene ring substituents is 1. The molecule has 4 rings (SSSR count). The average Bonchev–Trinajstić information content (AvgIpc) is 3.12. The van der Waals surface area contributed by atoms with Crippen LogP contribution in [0.2, 0.25) is 0 Å². The van der Waals surface area contributed by atoms with Gasteiger partial charge < -0.3 is 9.64 Å². The lowest BCUT2D eigenvalue weighted by Gasteiger charge is -2.37. The third-order valence-corrected chi connectivity index (χ3v) is 6.10. The van der Waals surface area contributed by atoms with Gasteiger partial charge in [-0.3, -0.25) is 24.6 Å². The molecule has 2 amide bonds. The van der Waals surface area contributed by atoms with E-state index in [1.807, 2.05) is 11.8 Å². The molecule has 0 spiro atoms. The van der Waals surface area contributed by atoms with Crippen LogP contribution in [0.1, 0.15) is 18.9 Å². The molecule has 186 valence electrons. The first kappa shape index (κ1) is 24.5. The summed E-state index contributed by atoms with van der Waals surface area (Å²) in [6.45, 7) is 3.40. The molecule has 0 aromatic heterocycles. The SMILES string of the molecule is CCOc1cccc(N2C(=O)C[C@H](N3CCN(c4ccc(C(F)(F)F)cc4[N+](=O)[O-])CC3)C2=O)c1. The molecule has 0 unspecified atom stereocenters. The van der Waals surface area contributed by atoms with Gasteiger partial charge in [-0.15, -0.1) is 0 Å². The molecule has 2 aliphatic heterocycles. The zero-order valence-corrected chi connectivity index (χ0v) is 18.8. The van der Waals surface area contributed by atoms with Crippen LogP contribution in [-0.2, 0) is 15.8 Å². The van der Waals surface area contributed by atoms with Crippen LogP contribution in [0.25, 0.3) is 0 Å². The maximum absolute atomic E-state index is 13.1. The van der Waals surface area contributed by atoms with E-state index in [9.17, 15) is 32.9 Å². The third kappa shape index (κ3) is 4.92. The van der Waals surface area contributed by atoms with E-state index >= 15 is 0 Å². The Morgan fingerprint density at radius 3 is 2.43 bits per heavy atom. The van der Waals surface area contributed by atoms with E-state index in [0.717, 1.165) is 17.0 Å². The zero-order valence-electron chi connectivity index (χ0n) is 18.8. The molecule has 2 saturated heterocycles. The number of piperazine rings is 1. The maximum atomic E-state index is 13.1. The van der Waals surface area contributed by atoms with Gasteiger partial charge in [0.1, 0.15) is 11.4 Å². The number of nitro groups is 1. The van der Waals surface area contributed by atoms with Crippen LogP contribution in [0.5, 0.6) is 5.75 Å². The molecule has 2 fully saturated rings. The second kappa shape index (κ2) is 9.53. The lowest BCUT2D eigenvalue weighted by Crippen LogP contribution is -2.52. The van der Waals surface area contributed by atoms with E-state index < -0.39 is 28.4 Å². The minimum absolute atomic E-state index is 0.00186. The van der Waals surface area contributed by atoms with Gasteiger partial charge in [0, 0.05) is 38.3 Å². The minimum Gasteiger partial charge on any atom is -0.494 e. The molecule has 0 radical (unpaired) electrons. The van der Waals surface area contributed by atoms with Crippen molar-refractivity contribution in [2.45, 2.75) is 25.6 Å². The van der Waals surface area contributed by atoms with E-state index in [1.165, 1.54) is 0 Å². The molecule has 2 aromatic rings. The molecule has 35 heavy (non-hydrogen) atoms. The molecular weight excluding hydrogens is 469 g/mol. The highest BCUT2D eigenvalue weighted by molar-refractivity contribution is 6.22. The number of carbonyl (C=O) groups excluding carboxylic acids is 2. The number of halogens is 3. The predicted octanol–water partition coefficient (Wildman–Crippen LogP) is 3.47. The Bertz CT molecular complexity index is 1150. The largest absolute Gasteiger partial charge is 0.494 e. The summed E-state index contributed by atoms with van der Waals surface area (Å²) in [7, 11) is 0. The fraction of sp³-hybridized carbons (Fsp3) is 0.391. The zero-order chi connectivity index (χ0) is 25.3. The molecular formula is C23H23F3N4O5. The number of rotatable bonds is 6. The standard InChI is InChI=1S/C23H23F3N4O5/c1-2-35-17-5-3-4-16(13-17)29-21(31)14-20(22(29)32)28-10-8-27(9-11-28)18-7-6-15(23(24,25)26)12-19(18)30(33)34/h3-7,12-13,20H,2,8-11,14H2,1H3/t20-/m0/s1. The highest BCUT2D eigenvalue weighted by Gasteiger charge is 2.44. The average molecular weight is 492 g/mol. The Labute approximate surface area is 198 Å². The summed E-state index contributed by atoms with van der Waals surface area (Å²) in [6.07, 6.45) is -4.69. The Kier molecular flexibility index (Phi) is 6.66. The summed E-state index contributed by atoms with van der Waals surface area (Å²) < 4.78 is 44.4. The summed E-state index contributed by atoms with van der Waals surface area (Å²) >= 11 is 0. The predicted molar refractivity (Wildman–Crippen MR) is 120 cm³/mol. The van der Waals surface area contributed by atoms with Crippen molar-refractivity contribution >= 4 is 28.9 Å². The summed E-state index contributed by atoms with van der Waals surface area (Å²) in [5.41, 5.74) is -1.20. The molecule has 12 heteroatoms. The molecule has 0 bridgehead atoms. The van der Waals surface area contributed by atoms with Crippen molar-refractivity contribution in [2.24, 2.45) is 0 Å². The lowest BCUT2D eigenvalue weighted by molar-refractivity contribution is -0.384. The molecule has 2 aromatic carbocycles. The second-order valence-electron chi connectivity index (χ2n) is 8.20. The van der Waals surface area contributed by atoms with Crippen molar-refractivity contribution in [1.82, 2.24) is 4.90 Å². The monoisotopic (exact) mass is 492 g/mol. The number of nitrogens with zero attached hydrogens (tertiary/aromatic N) is 4. The van der Waals surface area contributed by atoms with Crippen molar-refractivity contribution in [2.75, 3.05) is 42.6 Å². The van der Waals surface area contributed by atoms with Crippen molar-refractivity contribution in [3.8, 4) is 5.75 Å². The van der Waals surface area contributed by atoms with E-state index in [4.69, 9.17) is 4.74 Å². The van der Waals surface area contributed by atoms with Crippen molar-refractivity contribution < 1.29 is 32.4 Å². The Morgan fingerprint density at radius 1 is 1.09 bits per heavy atom. The van der Waals surface area contributed by atoms with Crippen LogP contribution >= 0.6 is 0 Å². The van der Waals surface area contributed by atoms with E-state index in [2.05, 4.69) is 0 Å². The smallest absolute Gasteiger partial charge is 0.416 e. The number of ether oxygens (including phenoxy) is 1. The normalized spacial score (nSPS) is 19.4. The summed E-state index contributed by atoms with van der Waals surface area (Å²) in [5, 5.41) is 11.4. The fourth-order valence-electron chi connectivity index (χ4n) is 4.44. The number of alkyl halides is 3. The van der Waals surface area contributed by atoms with Crippen LogP contribution in [-0.4, -0.2) is 60.5 Å². The first-order valence-corrected chi connectivity index (χ1v) is 11.0. The Hall–Kier alpha value is -3.67. The van der Waals surface area contributed by atoms with Gasteiger partial charge in [0.15, 0.2) is 0 Å². The number of carbonyl (C=O) groups is 2. The maximum Gasteiger partial charge on any atom is 0.416 e. The van der Waals surface area contributed by atoms with Crippen LogP contribution in [0.3, 0.4) is 0 Å². The van der Waals surface area contributed by atoms with Gasteiger partial charge in [0.2, 0.25) is 5.91 Å². The van der Waals surface area contributed by atoms with E-state index in [-0.39, 0.29) is 37.0 Å². The topological polar surface area (TPSA) is 96.2 Å². The molecule has 1 atom stereocenters. The summed E-state index contributed by atoms with van der Waals surface area (Å²) in [4.78, 5) is 41.0. The minimum atomic E-state index is -4.69. The Morgan fingerprint density at radius 2 is 1.80 bits per heavy atom. The van der Waals surface area contributed by atoms with Crippen LogP contribution in [0.4, 0.5) is 30.2 Å². The number of imide groups is 1. The molecule has 0 N–H and O–H groups in total. The number of benzene rings is 2. The molecule has 0 aliphatic carbocycles. The first-order valence-electron chi connectivity index (χ1n) is 11.0. The van der Waals surface area contributed by atoms with Crippen molar-refractivity contribution in [3.05, 3.63) is 58.1 Å². The highest BCUT2D eigenvalue weighted by Crippen LogP contribution is 2.37. The second-order valence-corrected chi connectivity index (χ2v) is 8.20. The summed E-state index contributed by atoms with van der Waals surface area (Å²) in [5.74, 6) is -0.159. The van der Waals surface area contributed by atoms with Crippen LogP contribution in [0.15, 0.2) is 42.5 Å². The van der Waals surface area contributed by atoms with Gasteiger partial charge >= 0.3 is 6.18 Å². The van der Waals surface area contributed by atoms with Gasteiger partial charge in [0.05, 0.1) is 35.2 Å². The Balaban J connectivity index is 1.47. The third-order valence-electron chi connectivity index (χ3n) is 6.10. The van der Waals surface area contributed by atoms with Gasteiger partial charge in [-0.05, 0) is 31.2 Å². The van der Waals surface area contributed by atoms with Crippen molar-refractivity contribution in [3.63, 3.8) is 0 Å². The van der Waals surface area contributed by atoms with Gasteiger partial charge in [-0.25, -0.2) is 4.90 Å². The van der Waals surface area contributed by atoms with Crippen LogP contribution in [0, 0.1) is 10.1 Å². The number of hydrogen-bond acceptors (Lipinski definition) is 7. The number of anilines is 2. The fourth-order valence-corrected chi connectivity index (χ4v) is 4.44. The molecule has 0 saturated carbocycles. The van der Waals surface area contributed by atoms with Gasteiger partial charge in [-0.2, -0.15) is 13.2 Å². The number of hydrogen-bond donors (Lipinski definition) is 0. The molecule has 9 nitrogen and oxygen atoms in total. The molecule has 2 aliphatic rings. The van der Waals surface area contributed by atoms with E-state index in [0.29, 0.717) is 37.2 Å². The van der Waals surface area contributed by atoms with E-state index in [1.54, 1.807) is 29.2 Å². The summed E-state index contributed by atoms with van der Waals surface area (Å²) in [6, 6.07) is 8.50. The quantitative estimate of drug-likeness (QED) is 0.346. The van der Waals surface area contributed by atoms with Gasteiger partial charge in [0.25, 0.3) is 11.6 Å². The molecule has 2 heterocycles. The van der Waals surface area contributed by atoms with Crippen LogP contribution < -0.4 is 14.5 Å².